The Morgan fingerprint density at radius 1 is 1.37 bits per heavy atom. The second-order valence-corrected chi connectivity index (χ2v) is 5.23. The summed E-state index contributed by atoms with van der Waals surface area (Å²) in [7, 11) is 0. The number of rotatable bonds is 5. The van der Waals surface area contributed by atoms with E-state index in [2.05, 4.69) is 29.7 Å². The van der Waals surface area contributed by atoms with E-state index in [0.717, 1.165) is 18.6 Å². The van der Waals surface area contributed by atoms with Crippen molar-refractivity contribution in [1.29, 1.82) is 0 Å². The minimum atomic E-state index is -0.341. The summed E-state index contributed by atoms with van der Waals surface area (Å²) in [5.41, 5.74) is 4.04. The summed E-state index contributed by atoms with van der Waals surface area (Å²) in [5, 5.41) is 7.22. The fraction of sp³-hybridized carbons (Fsp3) is 0.429. The van der Waals surface area contributed by atoms with Crippen LogP contribution in [0.15, 0.2) is 29.4 Å². The molecular formula is C14H20FN3S. The van der Waals surface area contributed by atoms with Crippen LogP contribution < -0.4 is 10.7 Å². The van der Waals surface area contributed by atoms with E-state index < -0.39 is 0 Å². The van der Waals surface area contributed by atoms with Crippen molar-refractivity contribution in [2.75, 3.05) is 5.32 Å². The molecule has 1 aromatic carbocycles. The lowest BCUT2D eigenvalue weighted by Crippen LogP contribution is -2.25. The van der Waals surface area contributed by atoms with E-state index in [0.29, 0.717) is 11.6 Å². The van der Waals surface area contributed by atoms with E-state index in [1.54, 1.807) is 18.2 Å². The topological polar surface area (TPSA) is 36.4 Å². The van der Waals surface area contributed by atoms with Crippen LogP contribution in [-0.2, 0) is 0 Å². The van der Waals surface area contributed by atoms with Gasteiger partial charge in [-0.3, -0.25) is 5.43 Å². The van der Waals surface area contributed by atoms with Crippen molar-refractivity contribution < 1.29 is 4.39 Å². The lowest BCUT2D eigenvalue weighted by atomic mass is 10.1. The Kier molecular flexibility index (Phi) is 6.42. The Morgan fingerprint density at radius 2 is 2.05 bits per heavy atom. The fourth-order valence-electron chi connectivity index (χ4n) is 1.41. The first-order chi connectivity index (χ1) is 8.99. The van der Waals surface area contributed by atoms with Crippen molar-refractivity contribution in [3.8, 4) is 0 Å². The molecule has 0 aliphatic rings. The molecule has 0 aromatic heterocycles. The highest BCUT2D eigenvalue weighted by Gasteiger charge is 2.02. The van der Waals surface area contributed by atoms with Crippen molar-refractivity contribution >= 4 is 28.7 Å². The van der Waals surface area contributed by atoms with Gasteiger partial charge in [0.1, 0.15) is 5.82 Å². The van der Waals surface area contributed by atoms with Gasteiger partial charge in [0.25, 0.3) is 0 Å². The molecule has 1 rings (SSSR count). The summed E-state index contributed by atoms with van der Waals surface area (Å²) in [4.78, 5) is 0. The summed E-state index contributed by atoms with van der Waals surface area (Å²) in [5.74, 6) is 0.306. The van der Waals surface area contributed by atoms with Crippen LogP contribution in [0.1, 0.15) is 33.6 Å². The molecule has 0 atom stereocenters. The first-order valence-corrected chi connectivity index (χ1v) is 6.74. The van der Waals surface area contributed by atoms with Gasteiger partial charge in [-0.1, -0.05) is 26.0 Å². The Balaban J connectivity index is 2.43. The van der Waals surface area contributed by atoms with Crippen LogP contribution in [0.2, 0.25) is 0 Å². The summed E-state index contributed by atoms with van der Waals surface area (Å²) in [6.07, 6.45) is 2.01. The second-order valence-electron chi connectivity index (χ2n) is 4.83. The largest absolute Gasteiger partial charge is 0.329 e. The molecule has 3 nitrogen and oxygen atoms in total. The maximum Gasteiger partial charge on any atom is 0.191 e. The number of nitrogens with one attached hydrogen (secondary N) is 2. The van der Waals surface area contributed by atoms with Crippen molar-refractivity contribution in [3.05, 3.63) is 30.1 Å². The van der Waals surface area contributed by atoms with E-state index in [-0.39, 0.29) is 10.9 Å². The zero-order valence-electron chi connectivity index (χ0n) is 11.5. The number of para-hydroxylation sites is 1. The molecule has 0 fully saturated rings. The molecule has 0 bridgehead atoms. The third-order valence-corrected chi connectivity index (χ3v) is 2.75. The highest BCUT2D eigenvalue weighted by atomic mass is 32.1. The summed E-state index contributed by atoms with van der Waals surface area (Å²) >= 11 is 5.05. The molecule has 0 aliphatic heterocycles. The van der Waals surface area contributed by atoms with Gasteiger partial charge in [0.15, 0.2) is 5.11 Å². The van der Waals surface area contributed by atoms with Crippen LogP contribution >= 0.6 is 12.2 Å². The molecule has 0 saturated carbocycles. The van der Waals surface area contributed by atoms with Gasteiger partial charge in [-0.15, -0.1) is 0 Å². The average molecular weight is 281 g/mol. The maximum absolute atomic E-state index is 13.4. The predicted molar refractivity (Wildman–Crippen MR) is 82.9 cm³/mol. The second kappa shape index (κ2) is 7.84. The summed E-state index contributed by atoms with van der Waals surface area (Å²) < 4.78 is 13.4. The number of nitrogens with zero attached hydrogens (tertiary/aromatic N) is 1. The molecule has 0 radical (unpaired) electrons. The molecule has 104 valence electrons. The minimum Gasteiger partial charge on any atom is -0.329 e. The van der Waals surface area contributed by atoms with Gasteiger partial charge in [0, 0.05) is 5.71 Å². The highest BCUT2D eigenvalue weighted by Crippen LogP contribution is 2.11. The van der Waals surface area contributed by atoms with Crippen LogP contribution in [0, 0.1) is 11.7 Å². The number of anilines is 1. The van der Waals surface area contributed by atoms with Crippen LogP contribution in [0.25, 0.3) is 0 Å². The molecule has 0 aliphatic carbocycles. The third-order valence-electron chi connectivity index (χ3n) is 2.55. The molecule has 0 saturated heterocycles. The average Bonchev–Trinajstić information content (AvgIpc) is 2.36. The van der Waals surface area contributed by atoms with Crippen molar-refractivity contribution in [2.24, 2.45) is 11.0 Å². The number of thiocarbonyl (C=S) groups is 1. The Hall–Kier alpha value is -1.49. The zero-order chi connectivity index (χ0) is 14.3. The zero-order valence-corrected chi connectivity index (χ0v) is 12.4. The summed E-state index contributed by atoms with van der Waals surface area (Å²) in [6.45, 7) is 6.29. The lowest BCUT2D eigenvalue weighted by Gasteiger charge is -2.09. The standard InChI is InChI=1S/C14H20FN3S/c1-10(2)8-9-11(3)17-18-14(19)16-13-7-5-4-6-12(13)15/h4-7,10H,8-9H2,1-3H3,(H2,16,18,19)/b17-11-. The van der Waals surface area contributed by atoms with Gasteiger partial charge >= 0.3 is 0 Å². The molecule has 19 heavy (non-hydrogen) atoms. The van der Waals surface area contributed by atoms with Crippen LogP contribution in [0.4, 0.5) is 10.1 Å². The minimum absolute atomic E-state index is 0.286. The van der Waals surface area contributed by atoms with E-state index in [1.807, 2.05) is 6.92 Å². The normalized spacial score (nSPS) is 11.5. The van der Waals surface area contributed by atoms with Crippen molar-refractivity contribution in [3.63, 3.8) is 0 Å². The molecule has 0 unspecified atom stereocenters. The molecular weight excluding hydrogens is 261 g/mol. The number of hydrogen-bond donors (Lipinski definition) is 2. The van der Waals surface area contributed by atoms with Crippen molar-refractivity contribution in [2.45, 2.75) is 33.6 Å². The van der Waals surface area contributed by atoms with Crippen molar-refractivity contribution in [1.82, 2.24) is 5.43 Å². The van der Waals surface area contributed by atoms with Gasteiger partial charge in [0.05, 0.1) is 5.69 Å². The smallest absolute Gasteiger partial charge is 0.191 e. The van der Waals surface area contributed by atoms with E-state index in [4.69, 9.17) is 12.2 Å². The Labute approximate surface area is 119 Å². The fourth-order valence-corrected chi connectivity index (χ4v) is 1.57. The third kappa shape index (κ3) is 6.29. The number of benzene rings is 1. The quantitative estimate of drug-likeness (QED) is 0.488. The molecule has 0 amide bonds. The molecule has 5 heteroatoms. The van der Waals surface area contributed by atoms with Crippen LogP contribution in [0.5, 0.6) is 0 Å². The molecule has 0 spiro atoms. The molecule has 2 N–H and O–H groups in total. The highest BCUT2D eigenvalue weighted by molar-refractivity contribution is 7.80. The first-order valence-electron chi connectivity index (χ1n) is 6.33. The van der Waals surface area contributed by atoms with E-state index in [9.17, 15) is 4.39 Å². The lowest BCUT2D eigenvalue weighted by molar-refractivity contribution is 0.602. The molecule has 1 aromatic rings. The number of halogens is 1. The van der Waals surface area contributed by atoms with Gasteiger partial charge in [0.2, 0.25) is 0 Å². The van der Waals surface area contributed by atoms with Gasteiger partial charge in [-0.25, -0.2) is 4.39 Å². The SMILES string of the molecule is C/C(CCC(C)C)=N/NC(=S)Nc1ccccc1F. The van der Waals surface area contributed by atoms with E-state index >= 15 is 0 Å². The van der Waals surface area contributed by atoms with Gasteiger partial charge < -0.3 is 5.32 Å². The first kappa shape index (κ1) is 15.6. The monoisotopic (exact) mass is 281 g/mol. The number of hydrazone groups is 1. The van der Waals surface area contributed by atoms with Gasteiger partial charge in [-0.2, -0.15) is 5.10 Å². The predicted octanol–water partition coefficient (Wildman–Crippen LogP) is 3.92. The number of hydrogen-bond acceptors (Lipinski definition) is 2. The maximum atomic E-state index is 13.4. The van der Waals surface area contributed by atoms with Crippen LogP contribution in [-0.4, -0.2) is 10.8 Å². The van der Waals surface area contributed by atoms with Crippen LogP contribution in [0.3, 0.4) is 0 Å². The summed E-state index contributed by atoms with van der Waals surface area (Å²) in [6, 6.07) is 6.37. The Bertz CT molecular complexity index is 458. The van der Waals surface area contributed by atoms with Gasteiger partial charge in [-0.05, 0) is 50.0 Å². The van der Waals surface area contributed by atoms with E-state index in [1.165, 1.54) is 6.07 Å². The molecule has 0 heterocycles. The Morgan fingerprint density at radius 3 is 2.68 bits per heavy atom.